The summed E-state index contributed by atoms with van der Waals surface area (Å²) in [6.45, 7) is 6.23. The van der Waals surface area contributed by atoms with Gasteiger partial charge in [0.25, 0.3) is 0 Å². The minimum atomic E-state index is -0.949. The highest BCUT2D eigenvalue weighted by molar-refractivity contribution is 5.92. The zero-order valence-corrected chi connectivity index (χ0v) is 23.9. The van der Waals surface area contributed by atoms with E-state index < -0.39 is 11.8 Å². The van der Waals surface area contributed by atoms with Gasteiger partial charge in [-0.25, -0.2) is 14.2 Å². The number of hydrogen-bond donors (Lipinski definition) is 1. The number of carboxylic acids is 1. The number of nitriles is 1. The van der Waals surface area contributed by atoms with Crippen LogP contribution in [0.5, 0.6) is 5.75 Å². The maximum absolute atomic E-state index is 14.4. The van der Waals surface area contributed by atoms with E-state index in [0.717, 1.165) is 61.5 Å². The van der Waals surface area contributed by atoms with E-state index in [1.165, 1.54) is 6.07 Å². The Morgan fingerprint density at radius 1 is 1.26 bits per heavy atom. The number of piperidine rings is 1. The normalized spacial score (nSPS) is 24.6. The first-order valence-corrected chi connectivity index (χ1v) is 14.6. The monoisotopic (exact) mass is 581 g/mol. The van der Waals surface area contributed by atoms with Crippen molar-refractivity contribution in [3.05, 3.63) is 88.8 Å². The molecule has 43 heavy (non-hydrogen) atoms. The average Bonchev–Trinajstić information content (AvgIpc) is 3.48. The van der Waals surface area contributed by atoms with E-state index in [1.54, 1.807) is 42.6 Å². The van der Waals surface area contributed by atoms with Crippen LogP contribution >= 0.6 is 0 Å². The molecule has 1 N–H and O–H groups in total. The molecule has 1 saturated carbocycles. The molecule has 4 heterocycles. The Morgan fingerprint density at radius 3 is 2.84 bits per heavy atom. The van der Waals surface area contributed by atoms with Crippen LogP contribution in [0.3, 0.4) is 0 Å². The van der Waals surface area contributed by atoms with Crippen LogP contribution in [0.2, 0.25) is 0 Å². The quantitative estimate of drug-likeness (QED) is 0.292. The molecule has 1 aliphatic carbocycles. The molecular weight excluding hydrogens is 549 g/mol. The van der Waals surface area contributed by atoms with Crippen LogP contribution in [0, 0.1) is 22.6 Å². The van der Waals surface area contributed by atoms with Gasteiger partial charge in [-0.3, -0.25) is 9.88 Å². The summed E-state index contributed by atoms with van der Waals surface area (Å²) in [7, 11) is 0. The van der Waals surface area contributed by atoms with Crippen molar-refractivity contribution < 1.29 is 23.8 Å². The van der Waals surface area contributed by atoms with Crippen LogP contribution in [-0.2, 0) is 29.8 Å². The van der Waals surface area contributed by atoms with E-state index in [4.69, 9.17) is 24.7 Å². The Labute approximate surface area is 248 Å². The number of halogens is 1. The molecule has 3 aliphatic rings. The lowest BCUT2D eigenvalue weighted by Crippen LogP contribution is -2.41. The molecule has 220 valence electrons. The summed E-state index contributed by atoms with van der Waals surface area (Å²) < 4.78 is 28.2. The Balaban J connectivity index is 1.07. The summed E-state index contributed by atoms with van der Waals surface area (Å²) >= 11 is 0. The lowest BCUT2D eigenvalue weighted by atomic mass is 9.84. The lowest BCUT2D eigenvalue weighted by molar-refractivity contribution is -0.0592. The number of aromatic nitrogens is 3. The number of likely N-dealkylation sites (tertiary alicyclic amines) is 1. The fraction of sp³-hybridized carbons (Fsp3) is 0.394. The number of carbonyl (C=O) groups is 1. The van der Waals surface area contributed by atoms with E-state index in [-0.39, 0.29) is 34.7 Å². The molecule has 2 aromatic carbocycles. The first-order valence-electron chi connectivity index (χ1n) is 14.6. The highest BCUT2D eigenvalue weighted by Crippen LogP contribution is 2.68. The second-order valence-corrected chi connectivity index (χ2v) is 12.3. The Hall–Kier alpha value is -4.33. The molecule has 10 heteroatoms. The lowest BCUT2D eigenvalue weighted by Gasteiger charge is -2.36. The van der Waals surface area contributed by atoms with Crippen molar-refractivity contribution in [1.29, 1.82) is 5.26 Å². The smallest absolute Gasteiger partial charge is 0.335 e. The number of pyridine rings is 1. The molecule has 2 aliphatic heterocycles. The van der Waals surface area contributed by atoms with Gasteiger partial charge in [0.05, 0.1) is 53.1 Å². The Kier molecular flexibility index (Phi) is 6.67. The molecule has 9 nitrogen and oxygen atoms in total. The van der Waals surface area contributed by atoms with Gasteiger partial charge < -0.3 is 19.1 Å². The number of fused-ring (bicyclic) bond motifs is 2. The highest BCUT2D eigenvalue weighted by Gasteiger charge is 2.67. The van der Waals surface area contributed by atoms with Gasteiger partial charge in [-0.15, -0.1) is 0 Å². The minimum Gasteiger partial charge on any atom is -0.489 e. The van der Waals surface area contributed by atoms with Crippen LogP contribution in [-0.4, -0.2) is 56.3 Å². The van der Waals surface area contributed by atoms with Gasteiger partial charge in [-0.2, -0.15) is 5.26 Å². The third kappa shape index (κ3) is 4.92. The van der Waals surface area contributed by atoms with Gasteiger partial charge in [-0.05, 0) is 67.6 Å². The van der Waals surface area contributed by atoms with Crippen molar-refractivity contribution in [3.8, 4) is 11.8 Å². The number of benzene rings is 2. The third-order valence-corrected chi connectivity index (χ3v) is 9.57. The van der Waals surface area contributed by atoms with Crippen molar-refractivity contribution >= 4 is 17.0 Å². The number of nitrogens with zero attached hydrogens (tertiary/aromatic N) is 5. The number of ether oxygens (including phenoxy) is 2. The fourth-order valence-electron chi connectivity index (χ4n) is 6.92. The van der Waals surface area contributed by atoms with E-state index in [2.05, 4.69) is 16.4 Å². The zero-order valence-electron chi connectivity index (χ0n) is 23.9. The van der Waals surface area contributed by atoms with Gasteiger partial charge >= 0.3 is 5.97 Å². The van der Waals surface area contributed by atoms with Gasteiger partial charge in [0.2, 0.25) is 0 Å². The molecule has 2 saturated heterocycles. The zero-order chi connectivity index (χ0) is 29.8. The summed E-state index contributed by atoms with van der Waals surface area (Å²) in [5, 5.41) is 18.5. The predicted octanol–water partition coefficient (Wildman–Crippen LogP) is 5.06. The molecule has 0 bridgehead atoms. The van der Waals surface area contributed by atoms with Crippen LogP contribution in [0.15, 0.2) is 54.7 Å². The summed E-state index contributed by atoms with van der Waals surface area (Å²) in [5.74, 6) is 0.167. The Morgan fingerprint density at radius 2 is 2.12 bits per heavy atom. The largest absolute Gasteiger partial charge is 0.489 e. The van der Waals surface area contributed by atoms with Gasteiger partial charge in [0.1, 0.15) is 24.0 Å². The number of rotatable bonds is 9. The van der Waals surface area contributed by atoms with Crippen LogP contribution in [0.25, 0.3) is 11.0 Å². The molecule has 0 amide bonds. The Bertz CT molecular complexity index is 1780. The molecule has 0 spiro atoms. The highest BCUT2D eigenvalue weighted by atomic mass is 19.1. The fourth-order valence-corrected chi connectivity index (χ4v) is 6.92. The molecule has 3 fully saturated rings. The number of aromatic carboxylic acids is 1. The van der Waals surface area contributed by atoms with Crippen molar-refractivity contribution in [2.24, 2.45) is 5.41 Å². The summed E-state index contributed by atoms with van der Waals surface area (Å²) in [6, 6.07) is 15.2. The second-order valence-electron chi connectivity index (χ2n) is 12.3. The first kappa shape index (κ1) is 27.5. The molecule has 2 unspecified atom stereocenters. The van der Waals surface area contributed by atoms with Gasteiger partial charge in [-0.1, -0.05) is 13.0 Å². The number of hydrogen-bond acceptors (Lipinski definition) is 7. The van der Waals surface area contributed by atoms with Crippen molar-refractivity contribution in [3.63, 3.8) is 0 Å². The minimum absolute atomic E-state index is 0.0422. The maximum Gasteiger partial charge on any atom is 0.335 e. The van der Waals surface area contributed by atoms with Crippen molar-refractivity contribution in [1.82, 2.24) is 19.4 Å². The number of carboxylic acid groups (broad SMARTS) is 1. The van der Waals surface area contributed by atoms with E-state index in [9.17, 15) is 14.3 Å². The summed E-state index contributed by atoms with van der Waals surface area (Å²) in [4.78, 5) is 23.8. The van der Waals surface area contributed by atoms with Crippen molar-refractivity contribution in [2.45, 2.75) is 57.4 Å². The molecule has 7 rings (SSSR count). The maximum atomic E-state index is 14.4. The molecule has 0 radical (unpaired) electrons. The summed E-state index contributed by atoms with van der Waals surface area (Å²) in [6.07, 6.45) is 4.83. The SMILES string of the molecule is CC12CN(Cc3nc4ccc(C(=O)O)cc4n3C[C@@H]3CCO3)CCC1(c1cc(OCc3ccc(C#N)cc3F)ccn1)C2. The molecule has 2 aromatic heterocycles. The van der Waals surface area contributed by atoms with Crippen LogP contribution < -0.4 is 4.74 Å². The number of imidazole rings is 1. The second kappa shape index (κ2) is 10.4. The topological polar surface area (TPSA) is 114 Å². The third-order valence-electron chi connectivity index (χ3n) is 9.57. The van der Waals surface area contributed by atoms with Crippen LogP contribution in [0.4, 0.5) is 4.39 Å². The van der Waals surface area contributed by atoms with E-state index >= 15 is 0 Å². The average molecular weight is 582 g/mol. The van der Waals surface area contributed by atoms with Gasteiger partial charge in [0.15, 0.2) is 0 Å². The molecule has 3 atom stereocenters. The van der Waals surface area contributed by atoms with E-state index in [0.29, 0.717) is 24.4 Å². The predicted molar refractivity (Wildman–Crippen MR) is 155 cm³/mol. The summed E-state index contributed by atoms with van der Waals surface area (Å²) in [5.41, 5.74) is 3.56. The first-order chi connectivity index (χ1) is 20.8. The molecular formula is C33H32FN5O4. The van der Waals surface area contributed by atoms with Crippen LogP contribution in [0.1, 0.15) is 59.2 Å². The molecule has 4 aromatic rings. The van der Waals surface area contributed by atoms with Crippen molar-refractivity contribution in [2.75, 3.05) is 19.7 Å². The standard InChI is InChI=1S/C33H32FN5O4/c1-32-19-33(32,29-14-24(6-9-36-29)43-18-23-3-2-21(15-35)12-26(23)34)8-10-38(20-32)17-30-37-27-5-4-22(31(40)41)13-28(27)39(30)16-25-7-11-42-25/h2-6,9,12-14,25H,7-8,10-11,16-20H2,1H3,(H,40,41)/t25-,32?,33?/m0/s1. The van der Waals surface area contributed by atoms with Gasteiger partial charge in [0, 0.05) is 36.4 Å². The van der Waals surface area contributed by atoms with E-state index in [1.807, 2.05) is 12.1 Å².